The molecule has 1 spiro atoms. The molecule has 3 saturated heterocycles. The maximum atomic E-state index is 14.2. The van der Waals surface area contributed by atoms with E-state index in [1.54, 1.807) is 11.0 Å². The molecule has 39 heavy (non-hydrogen) atoms. The number of aliphatic hydroxyl groups excluding tert-OH is 1. The lowest BCUT2D eigenvalue weighted by molar-refractivity contribution is -0.144. The first-order chi connectivity index (χ1) is 18.8. The van der Waals surface area contributed by atoms with Crippen LogP contribution in [0.2, 0.25) is 5.02 Å². The van der Waals surface area contributed by atoms with Crippen molar-refractivity contribution >= 4 is 40.7 Å². The summed E-state index contributed by atoms with van der Waals surface area (Å²) in [5, 5.41) is 15.6. The number of aliphatic hydroxyl groups is 1. The van der Waals surface area contributed by atoms with Crippen LogP contribution in [0.1, 0.15) is 51.0 Å². The second kappa shape index (κ2) is 10.9. The second-order valence-corrected chi connectivity index (χ2v) is 11.3. The lowest BCUT2D eigenvalue weighted by atomic mass is 9.65. The number of carbonyl (C=O) groups is 3. The average Bonchev–Trinajstić information content (AvgIpc) is 3.53. The number of ether oxygens (including phenoxy) is 1. The third-order valence-electron chi connectivity index (χ3n) is 8.78. The minimum atomic E-state index is -1.11. The summed E-state index contributed by atoms with van der Waals surface area (Å²) >= 11 is 6.44. The van der Waals surface area contributed by atoms with Crippen molar-refractivity contribution in [1.82, 2.24) is 4.90 Å². The largest absolute Gasteiger partial charge is 0.396 e. The number of carbonyl (C=O) groups excluding carboxylic acids is 3. The van der Waals surface area contributed by atoms with Crippen LogP contribution >= 0.6 is 11.6 Å². The van der Waals surface area contributed by atoms with Crippen LogP contribution in [0.4, 0.5) is 11.4 Å². The third-order valence-corrected chi connectivity index (χ3v) is 9.10. The van der Waals surface area contributed by atoms with Crippen LogP contribution in [0.5, 0.6) is 0 Å². The Balaban J connectivity index is 1.51. The van der Waals surface area contributed by atoms with Crippen molar-refractivity contribution in [3.63, 3.8) is 0 Å². The van der Waals surface area contributed by atoms with Crippen LogP contribution in [0, 0.1) is 18.8 Å². The molecule has 3 aliphatic heterocycles. The van der Waals surface area contributed by atoms with Crippen LogP contribution in [0.15, 0.2) is 48.5 Å². The van der Waals surface area contributed by atoms with E-state index in [2.05, 4.69) is 10.6 Å². The Morgan fingerprint density at radius 3 is 2.51 bits per heavy atom. The number of para-hydroxylation sites is 2. The molecule has 0 aromatic heterocycles. The Morgan fingerprint density at radius 1 is 1.05 bits per heavy atom. The standard InChI is InChI=1S/C30H36ClN3O5/c1-3-29-15-16-30(39-29)23(22(29)26(36)32-20-12-6-4-7-13-20)28(38)34(17-8-5-9-18-35)25(30)27(37)33-24-19(2)11-10-14-21(24)31/h4,6-7,10-14,22-23,25,35H,3,5,8-9,15-18H2,1-2H3,(H,32,36)(H,33,37)/t22-,23+,25?,29+,30?/m1/s1. The summed E-state index contributed by atoms with van der Waals surface area (Å²) in [5.41, 5.74) is 0.0434. The molecule has 3 heterocycles. The van der Waals surface area contributed by atoms with Crippen LogP contribution in [-0.2, 0) is 19.1 Å². The number of likely N-dealkylation sites (tertiary alicyclic amines) is 1. The number of benzene rings is 2. The van der Waals surface area contributed by atoms with Gasteiger partial charge in [0.2, 0.25) is 17.7 Å². The van der Waals surface area contributed by atoms with E-state index < -0.39 is 29.1 Å². The van der Waals surface area contributed by atoms with Gasteiger partial charge in [-0.15, -0.1) is 0 Å². The third kappa shape index (κ3) is 4.62. The van der Waals surface area contributed by atoms with Crippen molar-refractivity contribution in [2.75, 3.05) is 23.8 Å². The molecule has 2 aromatic rings. The van der Waals surface area contributed by atoms with Crippen molar-refractivity contribution in [3.8, 4) is 0 Å². The first-order valence-electron chi connectivity index (χ1n) is 13.8. The number of rotatable bonds is 10. The van der Waals surface area contributed by atoms with Crippen LogP contribution in [0.25, 0.3) is 0 Å². The number of anilines is 2. The van der Waals surface area contributed by atoms with Gasteiger partial charge >= 0.3 is 0 Å². The highest BCUT2D eigenvalue weighted by Gasteiger charge is 2.78. The van der Waals surface area contributed by atoms with E-state index >= 15 is 0 Å². The van der Waals surface area contributed by atoms with Gasteiger partial charge in [0, 0.05) is 18.8 Å². The predicted molar refractivity (Wildman–Crippen MR) is 149 cm³/mol. The number of aryl methyl sites for hydroxylation is 1. The highest BCUT2D eigenvalue weighted by molar-refractivity contribution is 6.34. The van der Waals surface area contributed by atoms with Crippen molar-refractivity contribution in [2.24, 2.45) is 11.8 Å². The summed E-state index contributed by atoms with van der Waals surface area (Å²) in [6.07, 6.45) is 3.62. The van der Waals surface area contributed by atoms with Crippen LogP contribution in [0.3, 0.4) is 0 Å². The summed E-state index contributed by atoms with van der Waals surface area (Å²) in [5.74, 6) is -2.33. The Labute approximate surface area is 234 Å². The summed E-state index contributed by atoms with van der Waals surface area (Å²) in [7, 11) is 0. The number of nitrogens with zero attached hydrogens (tertiary/aromatic N) is 1. The first-order valence-corrected chi connectivity index (χ1v) is 14.2. The summed E-state index contributed by atoms with van der Waals surface area (Å²) in [4.78, 5) is 43.7. The van der Waals surface area contributed by atoms with E-state index in [1.165, 1.54) is 0 Å². The molecule has 3 N–H and O–H groups in total. The molecular weight excluding hydrogens is 518 g/mol. The molecule has 2 bridgehead atoms. The molecule has 8 nitrogen and oxygen atoms in total. The SMILES string of the molecule is CC[C@@]12CCC3(O1)C(C(=O)Nc1c(C)cccc1Cl)N(CCCCCO)C(=O)[C@@H]3[C@@H]2C(=O)Nc1ccccc1. The average molecular weight is 554 g/mol. The van der Waals surface area contributed by atoms with Crippen molar-refractivity contribution in [2.45, 2.75) is 69.6 Å². The summed E-state index contributed by atoms with van der Waals surface area (Å²) in [6.45, 7) is 4.25. The number of unbranched alkanes of at least 4 members (excludes halogenated alkanes) is 2. The lowest BCUT2D eigenvalue weighted by Gasteiger charge is -2.34. The van der Waals surface area contributed by atoms with Gasteiger partial charge in [-0.25, -0.2) is 0 Å². The summed E-state index contributed by atoms with van der Waals surface area (Å²) < 4.78 is 6.80. The number of nitrogens with one attached hydrogen (secondary N) is 2. The van der Waals surface area contributed by atoms with E-state index in [9.17, 15) is 19.5 Å². The fourth-order valence-corrected chi connectivity index (χ4v) is 7.22. The molecule has 2 aromatic carbocycles. The monoisotopic (exact) mass is 553 g/mol. The Kier molecular flexibility index (Phi) is 7.73. The molecule has 0 aliphatic carbocycles. The van der Waals surface area contributed by atoms with Crippen LogP contribution < -0.4 is 10.6 Å². The molecule has 2 unspecified atom stereocenters. The number of halogens is 1. The van der Waals surface area contributed by atoms with Gasteiger partial charge in [-0.05, 0) is 69.2 Å². The molecule has 5 rings (SSSR count). The maximum absolute atomic E-state index is 14.2. The molecule has 208 valence electrons. The predicted octanol–water partition coefficient (Wildman–Crippen LogP) is 4.54. The summed E-state index contributed by atoms with van der Waals surface area (Å²) in [6, 6.07) is 13.7. The van der Waals surface area contributed by atoms with Gasteiger partial charge in [0.25, 0.3) is 0 Å². The van der Waals surface area contributed by atoms with Gasteiger partial charge in [-0.2, -0.15) is 0 Å². The van der Waals surface area contributed by atoms with Crippen molar-refractivity contribution in [1.29, 1.82) is 0 Å². The fourth-order valence-electron chi connectivity index (χ4n) is 6.95. The second-order valence-electron chi connectivity index (χ2n) is 10.9. The molecular formula is C30H36ClN3O5. The molecule has 0 saturated carbocycles. The molecule has 3 amide bonds. The highest BCUT2D eigenvalue weighted by Crippen LogP contribution is 2.64. The Hall–Kier alpha value is -2.94. The lowest BCUT2D eigenvalue weighted by Crippen LogP contribution is -2.53. The number of hydrogen-bond donors (Lipinski definition) is 3. The zero-order valence-corrected chi connectivity index (χ0v) is 23.2. The molecule has 5 atom stereocenters. The Bertz CT molecular complexity index is 1240. The first kappa shape index (κ1) is 27.6. The minimum absolute atomic E-state index is 0.0695. The van der Waals surface area contributed by atoms with E-state index in [4.69, 9.17) is 16.3 Å². The van der Waals surface area contributed by atoms with E-state index in [1.807, 2.05) is 56.3 Å². The van der Waals surface area contributed by atoms with Crippen LogP contribution in [-0.4, -0.2) is 58.1 Å². The normalized spacial score (nSPS) is 29.0. The van der Waals surface area contributed by atoms with E-state index in [0.29, 0.717) is 61.5 Å². The fraction of sp³-hybridized carbons (Fsp3) is 0.500. The number of hydrogen-bond acceptors (Lipinski definition) is 5. The van der Waals surface area contributed by atoms with Gasteiger partial charge < -0.3 is 25.4 Å². The molecule has 0 radical (unpaired) electrons. The number of amides is 3. The van der Waals surface area contributed by atoms with Gasteiger partial charge in [0.15, 0.2) is 0 Å². The molecule has 9 heteroatoms. The van der Waals surface area contributed by atoms with Gasteiger partial charge in [-0.3, -0.25) is 14.4 Å². The highest BCUT2D eigenvalue weighted by atomic mass is 35.5. The topological polar surface area (TPSA) is 108 Å². The zero-order valence-electron chi connectivity index (χ0n) is 22.4. The number of fused-ring (bicyclic) bond motifs is 1. The quantitative estimate of drug-likeness (QED) is 0.374. The molecule has 3 fully saturated rings. The maximum Gasteiger partial charge on any atom is 0.250 e. The minimum Gasteiger partial charge on any atom is -0.396 e. The van der Waals surface area contributed by atoms with Gasteiger partial charge in [-0.1, -0.05) is 48.9 Å². The molecule has 3 aliphatic rings. The van der Waals surface area contributed by atoms with Gasteiger partial charge in [0.05, 0.1) is 28.1 Å². The smallest absolute Gasteiger partial charge is 0.250 e. The van der Waals surface area contributed by atoms with Crippen molar-refractivity contribution in [3.05, 3.63) is 59.1 Å². The van der Waals surface area contributed by atoms with E-state index in [0.717, 1.165) is 5.56 Å². The zero-order chi connectivity index (χ0) is 27.8. The van der Waals surface area contributed by atoms with Crippen molar-refractivity contribution < 1.29 is 24.2 Å². The van der Waals surface area contributed by atoms with Gasteiger partial charge in [0.1, 0.15) is 11.6 Å². The Morgan fingerprint density at radius 2 is 1.82 bits per heavy atom. The van der Waals surface area contributed by atoms with E-state index in [-0.39, 0.29) is 24.3 Å².